The van der Waals surface area contributed by atoms with E-state index in [9.17, 15) is 13.2 Å². The van der Waals surface area contributed by atoms with E-state index in [1.54, 1.807) is 30.3 Å². The first-order valence-corrected chi connectivity index (χ1v) is 6.76. The molecule has 0 saturated carbocycles. The predicted molar refractivity (Wildman–Crippen MR) is 62.6 cm³/mol. The number of amides is 1. The number of benzene rings is 1. The first-order chi connectivity index (χ1) is 8.01. The molecule has 1 aromatic carbocycles. The Morgan fingerprint density at radius 1 is 1.18 bits per heavy atom. The molecule has 17 heavy (non-hydrogen) atoms. The monoisotopic (exact) mass is 254 g/mol. The van der Waals surface area contributed by atoms with Crippen LogP contribution in [-0.4, -0.2) is 43.3 Å². The van der Waals surface area contributed by atoms with Crippen molar-refractivity contribution in [3.63, 3.8) is 0 Å². The molecule has 1 heterocycles. The molecule has 1 aliphatic rings. The second kappa shape index (κ2) is 4.46. The van der Waals surface area contributed by atoms with Gasteiger partial charge < -0.3 is 4.90 Å². The Kier molecular flexibility index (Phi) is 3.17. The molecule has 2 rings (SSSR count). The van der Waals surface area contributed by atoms with Crippen LogP contribution in [0.25, 0.3) is 0 Å². The van der Waals surface area contributed by atoms with E-state index in [-0.39, 0.29) is 17.5 Å². The summed E-state index contributed by atoms with van der Waals surface area (Å²) in [5.74, 6) is -0.101. The van der Waals surface area contributed by atoms with Crippen molar-refractivity contribution in [3.05, 3.63) is 30.3 Å². The molecule has 92 valence electrons. The lowest BCUT2D eigenvalue weighted by molar-refractivity contribution is -0.128. The fourth-order valence-corrected chi connectivity index (χ4v) is 3.17. The molecule has 0 radical (unpaired) electrons. The molecule has 1 amide bonds. The van der Waals surface area contributed by atoms with Crippen LogP contribution in [0.4, 0.5) is 0 Å². The van der Waals surface area contributed by atoms with Gasteiger partial charge in [0.25, 0.3) is 0 Å². The van der Waals surface area contributed by atoms with E-state index >= 15 is 0 Å². The van der Waals surface area contributed by atoms with Crippen LogP contribution in [0.3, 0.4) is 0 Å². The van der Waals surface area contributed by atoms with Crippen molar-refractivity contribution in [1.82, 2.24) is 9.21 Å². The minimum atomic E-state index is -3.47. The molecular formula is C11H14N2O3S. The summed E-state index contributed by atoms with van der Waals surface area (Å²) in [4.78, 5) is 12.9. The fraction of sp³-hybridized carbons (Fsp3) is 0.364. The highest BCUT2D eigenvalue weighted by Crippen LogP contribution is 2.18. The number of sulfonamides is 1. The van der Waals surface area contributed by atoms with E-state index in [4.69, 9.17) is 0 Å². The van der Waals surface area contributed by atoms with Gasteiger partial charge in [0, 0.05) is 20.0 Å². The Labute approximate surface area is 101 Å². The molecule has 1 aliphatic heterocycles. The average Bonchev–Trinajstić information content (AvgIpc) is 2.80. The van der Waals surface area contributed by atoms with E-state index in [1.165, 1.54) is 16.1 Å². The first kappa shape index (κ1) is 12.1. The van der Waals surface area contributed by atoms with Gasteiger partial charge in [-0.15, -0.1) is 0 Å². The second-order valence-electron chi connectivity index (χ2n) is 3.92. The Bertz CT molecular complexity index is 513. The zero-order valence-electron chi connectivity index (χ0n) is 9.54. The SMILES string of the molecule is CC(=O)N1CCN(S(=O)(=O)c2ccccc2)C1. The highest BCUT2D eigenvalue weighted by atomic mass is 32.2. The first-order valence-electron chi connectivity index (χ1n) is 5.32. The summed E-state index contributed by atoms with van der Waals surface area (Å²) < 4.78 is 25.7. The highest BCUT2D eigenvalue weighted by molar-refractivity contribution is 7.89. The molecular weight excluding hydrogens is 240 g/mol. The third-order valence-corrected chi connectivity index (χ3v) is 4.62. The van der Waals surface area contributed by atoms with Crippen LogP contribution in [-0.2, 0) is 14.8 Å². The molecule has 0 bridgehead atoms. The average molecular weight is 254 g/mol. The number of hydrogen-bond acceptors (Lipinski definition) is 3. The topological polar surface area (TPSA) is 57.7 Å². The van der Waals surface area contributed by atoms with E-state index in [2.05, 4.69) is 0 Å². The maximum Gasteiger partial charge on any atom is 0.244 e. The molecule has 0 unspecified atom stereocenters. The molecule has 1 saturated heterocycles. The number of carbonyl (C=O) groups is 1. The quantitative estimate of drug-likeness (QED) is 0.772. The van der Waals surface area contributed by atoms with Gasteiger partial charge in [-0.3, -0.25) is 4.79 Å². The molecule has 6 heteroatoms. The lowest BCUT2D eigenvalue weighted by atomic mass is 10.4. The normalized spacial score (nSPS) is 17.4. The van der Waals surface area contributed by atoms with E-state index in [1.807, 2.05) is 0 Å². The number of nitrogens with zero attached hydrogens (tertiary/aromatic N) is 2. The molecule has 0 N–H and O–H groups in total. The summed E-state index contributed by atoms with van der Waals surface area (Å²) >= 11 is 0. The van der Waals surface area contributed by atoms with Crippen LogP contribution >= 0.6 is 0 Å². The van der Waals surface area contributed by atoms with Gasteiger partial charge in [-0.05, 0) is 12.1 Å². The van der Waals surface area contributed by atoms with Crippen LogP contribution in [0, 0.1) is 0 Å². The second-order valence-corrected chi connectivity index (χ2v) is 5.86. The summed E-state index contributed by atoms with van der Waals surface area (Å²) in [7, 11) is -3.47. The largest absolute Gasteiger partial charge is 0.328 e. The summed E-state index contributed by atoms with van der Waals surface area (Å²) in [6, 6.07) is 8.26. The number of carbonyl (C=O) groups excluding carboxylic acids is 1. The molecule has 0 spiro atoms. The van der Waals surface area contributed by atoms with E-state index in [0.717, 1.165) is 0 Å². The van der Waals surface area contributed by atoms with Gasteiger partial charge in [-0.1, -0.05) is 18.2 Å². The summed E-state index contributed by atoms with van der Waals surface area (Å²) in [5, 5.41) is 0. The van der Waals surface area contributed by atoms with Crippen molar-refractivity contribution >= 4 is 15.9 Å². The van der Waals surface area contributed by atoms with Gasteiger partial charge in [-0.25, -0.2) is 8.42 Å². The molecule has 5 nitrogen and oxygen atoms in total. The predicted octanol–water partition coefficient (Wildman–Crippen LogP) is 0.497. The van der Waals surface area contributed by atoms with Crippen LogP contribution in [0.2, 0.25) is 0 Å². The molecule has 1 fully saturated rings. The van der Waals surface area contributed by atoms with Crippen molar-refractivity contribution in [2.45, 2.75) is 11.8 Å². The Balaban J connectivity index is 2.22. The van der Waals surface area contributed by atoms with Gasteiger partial charge in [0.05, 0.1) is 11.6 Å². The van der Waals surface area contributed by atoms with E-state index in [0.29, 0.717) is 13.1 Å². The molecule has 0 aliphatic carbocycles. The third-order valence-electron chi connectivity index (χ3n) is 2.77. The summed E-state index contributed by atoms with van der Waals surface area (Å²) in [6.07, 6.45) is 0. The lowest BCUT2D eigenvalue weighted by Gasteiger charge is -2.17. The minimum Gasteiger partial charge on any atom is -0.328 e. The van der Waals surface area contributed by atoms with Gasteiger partial charge in [0.15, 0.2) is 0 Å². The maximum absolute atomic E-state index is 12.2. The molecule has 0 atom stereocenters. The third kappa shape index (κ3) is 2.32. The van der Waals surface area contributed by atoms with Crippen molar-refractivity contribution < 1.29 is 13.2 Å². The highest BCUT2D eigenvalue weighted by Gasteiger charge is 2.31. The van der Waals surface area contributed by atoms with Gasteiger partial charge >= 0.3 is 0 Å². The van der Waals surface area contributed by atoms with Crippen LogP contribution in [0.15, 0.2) is 35.2 Å². The van der Waals surface area contributed by atoms with Crippen molar-refractivity contribution in [1.29, 1.82) is 0 Å². The Morgan fingerprint density at radius 2 is 1.82 bits per heavy atom. The summed E-state index contributed by atoms with van der Waals surface area (Å²) in [6.45, 7) is 2.41. The van der Waals surface area contributed by atoms with Gasteiger partial charge in [0.1, 0.15) is 0 Å². The lowest BCUT2D eigenvalue weighted by Crippen LogP contribution is -2.32. The molecule has 0 aromatic heterocycles. The van der Waals surface area contributed by atoms with Crippen molar-refractivity contribution in [3.8, 4) is 0 Å². The fourth-order valence-electron chi connectivity index (χ4n) is 1.76. The number of rotatable bonds is 2. The Hall–Kier alpha value is -1.40. The van der Waals surface area contributed by atoms with Crippen molar-refractivity contribution in [2.75, 3.05) is 19.8 Å². The van der Waals surface area contributed by atoms with Gasteiger partial charge in [0.2, 0.25) is 15.9 Å². The maximum atomic E-state index is 12.2. The standard InChI is InChI=1S/C11H14N2O3S/c1-10(14)12-7-8-13(9-12)17(15,16)11-5-3-2-4-6-11/h2-6H,7-9H2,1H3. The minimum absolute atomic E-state index is 0.101. The van der Waals surface area contributed by atoms with Crippen LogP contribution < -0.4 is 0 Å². The van der Waals surface area contributed by atoms with E-state index < -0.39 is 10.0 Å². The smallest absolute Gasteiger partial charge is 0.244 e. The number of hydrogen-bond donors (Lipinski definition) is 0. The van der Waals surface area contributed by atoms with Crippen molar-refractivity contribution in [2.24, 2.45) is 0 Å². The molecule has 1 aromatic rings. The van der Waals surface area contributed by atoms with Gasteiger partial charge in [-0.2, -0.15) is 4.31 Å². The van der Waals surface area contributed by atoms with Crippen LogP contribution in [0.5, 0.6) is 0 Å². The zero-order valence-corrected chi connectivity index (χ0v) is 10.4. The summed E-state index contributed by atoms with van der Waals surface area (Å²) in [5.41, 5.74) is 0. The Morgan fingerprint density at radius 3 is 2.35 bits per heavy atom. The zero-order chi connectivity index (χ0) is 12.5. The van der Waals surface area contributed by atoms with Crippen LogP contribution in [0.1, 0.15) is 6.92 Å².